The minimum absolute atomic E-state index is 0.188. The van der Waals surface area contributed by atoms with Crippen LogP contribution in [0.3, 0.4) is 0 Å². The Morgan fingerprint density at radius 3 is 2.06 bits per heavy atom. The van der Waals surface area contributed by atoms with E-state index in [0.29, 0.717) is 6.54 Å². The molecular formula is C29H30N2O2. The van der Waals surface area contributed by atoms with Gasteiger partial charge in [-0.25, -0.2) is 0 Å². The zero-order valence-electron chi connectivity index (χ0n) is 19.7. The summed E-state index contributed by atoms with van der Waals surface area (Å²) in [6.07, 6.45) is 0.188. The molecule has 0 spiro atoms. The summed E-state index contributed by atoms with van der Waals surface area (Å²) < 4.78 is 7.62. The molecule has 0 aliphatic carbocycles. The van der Waals surface area contributed by atoms with Crippen molar-refractivity contribution in [3.63, 3.8) is 0 Å². The first-order chi connectivity index (χ1) is 15.8. The lowest BCUT2D eigenvalue weighted by molar-refractivity contribution is -0.153. The first-order valence-electron chi connectivity index (χ1n) is 11.3. The summed E-state index contributed by atoms with van der Waals surface area (Å²) in [6.45, 7) is 8.31. The van der Waals surface area contributed by atoms with Gasteiger partial charge in [-0.1, -0.05) is 84.9 Å². The van der Waals surface area contributed by atoms with Crippen LogP contribution in [0.1, 0.15) is 37.6 Å². The molecule has 0 saturated carbocycles. The fourth-order valence-corrected chi connectivity index (χ4v) is 4.02. The van der Waals surface area contributed by atoms with Crippen LogP contribution in [0, 0.1) is 6.92 Å². The van der Waals surface area contributed by atoms with Gasteiger partial charge in [-0.3, -0.25) is 9.48 Å². The highest BCUT2D eigenvalue weighted by molar-refractivity contribution is 5.77. The molecule has 0 saturated heterocycles. The van der Waals surface area contributed by atoms with Crippen molar-refractivity contribution < 1.29 is 9.53 Å². The van der Waals surface area contributed by atoms with Gasteiger partial charge in [-0.15, -0.1) is 0 Å². The molecule has 33 heavy (non-hydrogen) atoms. The fraction of sp³-hybridized carbons (Fsp3) is 0.241. The Bertz CT molecular complexity index is 1240. The van der Waals surface area contributed by atoms with Crippen molar-refractivity contribution in [3.8, 4) is 22.4 Å². The number of carbonyl (C=O) groups is 1. The van der Waals surface area contributed by atoms with Gasteiger partial charge in [0.25, 0.3) is 0 Å². The second kappa shape index (κ2) is 9.45. The molecule has 0 N–H and O–H groups in total. The Morgan fingerprint density at radius 1 is 0.848 bits per heavy atom. The third kappa shape index (κ3) is 5.40. The molecule has 0 radical (unpaired) electrons. The average Bonchev–Trinajstić information content (AvgIpc) is 3.09. The van der Waals surface area contributed by atoms with Crippen LogP contribution in [0.2, 0.25) is 0 Å². The molecule has 3 aromatic carbocycles. The van der Waals surface area contributed by atoms with Crippen LogP contribution in [0.25, 0.3) is 22.4 Å². The standard InChI is InChI=1S/C29H30N2O2/c1-21-26(19-27(32)33-29(2,3)4)28(23-15-9-6-10-16-23)30-31(21)20-24-17-11-12-18-25(24)22-13-7-5-8-14-22/h5-18H,19-20H2,1-4H3. The predicted molar refractivity (Wildman–Crippen MR) is 133 cm³/mol. The number of aromatic nitrogens is 2. The van der Waals surface area contributed by atoms with Crippen LogP contribution in [0.5, 0.6) is 0 Å². The minimum Gasteiger partial charge on any atom is -0.460 e. The van der Waals surface area contributed by atoms with E-state index in [0.717, 1.165) is 22.5 Å². The zero-order chi connectivity index (χ0) is 23.4. The molecule has 0 unspecified atom stereocenters. The van der Waals surface area contributed by atoms with Crippen LogP contribution in [-0.4, -0.2) is 21.4 Å². The molecule has 0 aliphatic rings. The van der Waals surface area contributed by atoms with E-state index in [-0.39, 0.29) is 12.4 Å². The highest BCUT2D eigenvalue weighted by atomic mass is 16.6. The van der Waals surface area contributed by atoms with E-state index in [1.165, 1.54) is 16.7 Å². The molecule has 1 aromatic heterocycles. The van der Waals surface area contributed by atoms with Crippen LogP contribution in [-0.2, 0) is 22.5 Å². The summed E-state index contributed by atoms with van der Waals surface area (Å²) >= 11 is 0. The molecular weight excluding hydrogens is 408 g/mol. The van der Waals surface area contributed by atoms with Gasteiger partial charge in [0.1, 0.15) is 5.60 Å². The largest absolute Gasteiger partial charge is 0.460 e. The van der Waals surface area contributed by atoms with E-state index in [1.54, 1.807) is 0 Å². The molecule has 0 amide bonds. The summed E-state index contributed by atoms with van der Waals surface area (Å²) in [6, 6.07) is 28.8. The number of hydrogen-bond acceptors (Lipinski definition) is 3. The molecule has 0 aliphatic heterocycles. The third-order valence-electron chi connectivity index (χ3n) is 5.54. The van der Waals surface area contributed by atoms with Gasteiger partial charge in [0, 0.05) is 16.8 Å². The summed E-state index contributed by atoms with van der Waals surface area (Å²) in [4.78, 5) is 12.7. The maximum absolute atomic E-state index is 12.7. The van der Waals surface area contributed by atoms with E-state index in [4.69, 9.17) is 9.84 Å². The highest BCUT2D eigenvalue weighted by Gasteiger charge is 2.23. The SMILES string of the molecule is Cc1c(CC(=O)OC(C)(C)C)c(-c2ccccc2)nn1Cc1ccccc1-c1ccccc1. The smallest absolute Gasteiger partial charge is 0.310 e. The molecule has 0 bridgehead atoms. The quantitative estimate of drug-likeness (QED) is 0.325. The number of rotatable bonds is 6. The maximum Gasteiger partial charge on any atom is 0.310 e. The minimum atomic E-state index is -0.525. The first-order valence-corrected chi connectivity index (χ1v) is 11.3. The summed E-state index contributed by atoms with van der Waals surface area (Å²) in [7, 11) is 0. The van der Waals surface area contributed by atoms with Gasteiger partial charge in [0.2, 0.25) is 0 Å². The summed E-state index contributed by atoms with van der Waals surface area (Å²) in [5, 5.41) is 4.97. The molecule has 1 heterocycles. The maximum atomic E-state index is 12.7. The monoisotopic (exact) mass is 438 g/mol. The molecule has 4 heteroatoms. The van der Waals surface area contributed by atoms with Crippen LogP contribution < -0.4 is 0 Å². The van der Waals surface area contributed by atoms with Crippen molar-refractivity contribution in [3.05, 3.63) is 102 Å². The first kappa shape index (κ1) is 22.5. The second-order valence-corrected chi connectivity index (χ2v) is 9.22. The lowest BCUT2D eigenvalue weighted by Crippen LogP contribution is -2.25. The number of ether oxygens (including phenoxy) is 1. The predicted octanol–water partition coefficient (Wildman–Crippen LogP) is 6.46. The molecule has 4 aromatic rings. The normalized spacial score (nSPS) is 11.4. The van der Waals surface area contributed by atoms with E-state index in [2.05, 4.69) is 48.5 Å². The third-order valence-corrected chi connectivity index (χ3v) is 5.54. The van der Waals surface area contributed by atoms with Crippen molar-refractivity contribution >= 4 is 5.97 Å². The van der Waals surface area contributed by atoms with Gasteiger partial charge in [-0.2, -0.15) is 5.10 Å². The van der Waals surface area contributed by atoms with Crippen molar-refractivity contribution in [2.75, 3.05) is 0 Å². The molecule has 0 atom stereocenters. The average molecular weight is 439 g/mol. The Kier molecular flexibility index (Phi) is 6.45. The van der Waals surface area contributed by atoms with Gasteiger partial charge < -0.3 is 4.74 Å². The van der Waals surface area contributed by atoms with Crippen molar-refractivity contribution in [2.24, 2.45) is 0 Å². The lowest BCUT2D eigenvalue weighted by Gasteiger charge is -2.19. The lowest BCUT2D eigenvalue weighted by atomic mass is 9.99. The zero-order valence-corrected chi connectivity index (χ0v) is 19.7. The van der Waals surface area contributed by atoms with Gasteiger partial charge in [0.05, 0.1) is 18.7 Å². The molecule has 168 valence electrons. The molecule has 0 fully saturated rings. The van der Waals surface area contributed by atoms with Crippen molar-refractivity contribution in [1.82, 2.24) is 9.78 Å². The number of nitrogens with zero attached hydrogens (tertiary/aromatic N) is 2. The van der Waals surface area contributed by atoms with Crippen molar-refractivity contribution in [2.45, 2.75) is 46.3 Å². The Hall–Kier alpha value is -3.66. The summed E-state index contributed by atoms with van der Waals surface area (Å²) in [5.74, 6) is -0.244. The second-order valence-electron chi connectivity index (χ2n) is 9.22. The Morgan fingerprint density at radius 2 is 1.42 bits per heavy atom. The van der Waals surface area contributed by atoms with Crippen LogP contribution in [0.15, 0.2) is 84.9 Å². The molecule has 4 nitrogen and oxygen atoms in total. The van der Waals surface area contributed by atoms with E-state index in [9.17, 15) is 4.79 Å². The van der Waals surface area contributed by atoms with Gasteiger partial charge >= 0.3 is 5.97 Å². The highest BCUT2D eigenvalue weighted by Crippen LogP contribution is 2.29. The van der Waals surface area contributed by atoms with Crippen LogP contribution in [0.4, 0.5) is 0 Å². The Balaban J connectivity index is 1.74. The van der Waals surface area contributed by atoms with E-state index < -0.39 is 5.60 Å². The number of esters is 1. The van der Waals surface area contributed by atoms with E-state index in [1.807, 2.05) is 68.8 Å². The Labute approximate surface area is 195 Å². The fourth-order valence-electron chi connectivity index (χ4n) is 4.02. The van der Waals surface area contributed by atoms with Gasteiger partial charge in [0.15, 0.2) is 0 Å². The topological polar surface area (TPSA) is 44.1 Å². The number of benzene rings is 3. The summed E-state index contributed by atoms with van der Waals surface area (Å²) in [5.41, 5.74) is 6.72. The van der Waals surface area contributed by atoms with Crippen LogP contribution >= 0.6 is 0 Å². The van der Waals surface area contributed by atoms with Gasteiger partial charge in [-0.05, 0) is 44.4 Å². The number of hydrogen-bond donors (Lipinski definition) is 0. The van der Waals surface area contributed by atoms with Crippen molar-refractivity contribution in [1.29, 1.82) is 0 Å². The molecule has 4 rings (SSSR count). The van der Waals surface area contributed by atoms with E-state index >= 15 is 0 Å². The number of carbonyl (C=O) groups excluding carboxylic acids is 1.